The molecule has 0 spiro atoms. The van der Waals surface area contributed by atoms with E-state index in [1.807, 2.05) is 6.07 Å². The second-order valence-corrected chi connectivity index (χ2v) is 9.41. The van der Waals surface area contributed by atoms with Gasteiger partial charge in [0.15, 0.2) is 0 Å². The van der Waals surface area contributed by atoms with E-state index in [9.17, 15) is 27.9 Å². The molecule has 1 heterocycles. The number of amides is 1. The Morgan fingerprint density at radius 3 is 2.23 bits per heavy atom. The van der Waals surface area contributed by atoms with Crippen LogP contribution in [-0.2, 0) is 16.0 Å². The van der Waals surface area contributed by atoms with Crippen molar-refractivity contribution in [1.82, 2.24) is 15.3 Å². The van der Waals surface area contributed by atoms with Crippen molar-refractivity contribution in [2.75, 3.05) is 19.4 Å². The van der Waals surface area contributed by atoms with Gasteiger partial charge in [-0.1, -0.05) is 60.7 Å². The molecule has 13 heteroatoms. The van der Waals surface area contributed by atoms with Crippen molar-refractivity contribution in [3.05, 3.63) is 90.0 Å². The Morgan fingerprint density at radius 1 is 0.953 bits per heavy atom. The molecule has 0 saturated heterocycles. The van der Waals surface area contributed by atoms with Crippen LogP contribution in [0.3, 0.4) is 0 Å². The minimum atomic E-state index is -4.78. The van der Waals surface area contributed by atoms with Gasteiger partial charge in [0, 0.05) is 23.6 Å². The number of carbonyl (C=O) groups excluding carboxylic acids is 1. The van der Waals surface area contributed by atoms with Gasteiger partial charge in [-0.2, -0.15) is 18.2 Å². The molecule has 0 unspecified atom stereocenters. The fraction of sp³-hybridized carbons (Fsp3) is 0.200. The van der Waals surface area contributed by atoms with E-state index in [1.54, 1.807) is 54.6 Å². The number of halogens is 3. The number of benzene rings is 3. The number of carboxylic acids is 1. The van der Waals surface area contributed by atoms with Crippen LogP contribution in [0.4, 0.5) is 19.1 Å². The molecule has 0 fully saturated rings. The number of methoxy groups -OCH3 is 1. The van der Waals surface area contributed by atoms with Crippen LogP contribution >= 0.6 is 0 Å². The lowest BCUT2D eigenvalue weighted by Crippen LogP contribution is -2.44. The summed E-state index contributed by atoms with van der Waals surface area (Å²) in [6, 6.07) is 19.3. The third kappa shape index (κ3) is 7.98. The molecule has 224 valence electrons. The van der Waals surface area contributed by atoms with Crippen LogP contribution in [0.5, 0.6) is 11.6 Å². The first-order chi connectivity index (χ1) is 20.5. The van der Waals surface area contributed by atoms with Crippen LogP contribution in [0, 0.1) is 0 Å². The molecule has 43 heavy (non-hydrogen) atoms. The molecule has 3 aromatic carbocycles. The van der Waals surface area contributed by atoms with E-state index in [4.69, 9.17) is 20.9 Å². The predicted octanol–water partition coefficient (Wildman–Crippen LogP) is 4.15. The van der Waals surface area contributed by atoms with E-state index < -0.39 is 30.2 Å². The summed E-state index contributed by atoms with van der Waals surface area (Å²) < 4.78 is 53.0. The number of rotatable bonds is 11. The molecule has 0 aliphatic carbocycles. The molecule has 0 aliphatic rings. The molecule has 4 aromatic rings. The van der Waals surface area contributed by atoms with Gasteiger partial charge in [-0.3, -0.25) is 4.79 Å². The van der Waals surface area contributed by atoms with Gasteiger partial charge in [0.05, 0.1) is 19.3 Å². The number of nitrogens with one attached hydrogen (secondary N) is 1. The van der Waals surface area contributed by atoms with Crippen molar-refractivity contribution in [3.8, 4) is 34.0 Å². The highest BCUT2D eigenvalue weighted by molar-refractivity contribution is 5.84. The largest absolute Gasteiger partial charge is 0.497 e. The maximum absolute atomic E-state index is 14.2. The number of hydrogen-bond acceptors (Lipinski definition) is 8. The van der Waals surface area contributed by atoms with Crippen LogP contribution in [0.15, 0.2) is 78.9 Å². The van der Waals surface area contributed by atoms with E-state index in [2.05, 4.69) is 15.3 Å². The molecule has 0 aliphatic heterocycles. The van der Waals surface area contributed by atoms with Gasteiger partial charge in [-0.05, 0) is 28.8 Å². The smallest absolute Gasteiger partial charge is 0.429 e. The van der Waals surface area contributed by atoms with Crippen LogP contribution in [0.2, 0.25) is 0 Å². The second kappa shape index (κ2) is 13.2. The molecule has 6 N–H and O–H groups in total. The maximum Gasteiger partial charge on any atom is 0.429 e. The van der Waals surface area contributed by atoms with Crippen molar-refractivity contribution in [3.63, 3.8) is 0 Å². The molecule has 0 radical (unpaired) electrons. The summed E-state index contributed by atoms with van der Waals surface area (Å²) >= 11 is 0. The maximum atomic E-state index is 14.2. The minimum absolute atomic E-state index is 0.0223. The van der Waals surface area contributed by atoms with Crippen molar-refractivity contribution in [2.45, 2.75) is 24.7 Å². The number of carboxylic acid groups (broad SMARTS) is 1. The zero-order valence-corrected chi connectivity index (χ0v) is 22.8. The Kier molecular flexibility index (Phi) is 9.46. The Labute approximate surface area is 244 Å². The Hall–Kier alpha value is -5.17. The quantitative estimate of drug-likeness (QED) is 0.199. The number of nitrogens with two attached hydrogens (primary N) is 2. The first-order valence-electron chi connectivity index (χ1n) is 12.9. The summed E-state index contributed by atoms with van der Waals surface area (Å²) in [5, 5.41) is 11.7. The summed E-state index contributed by atoms with van der Waals surface area (Å²) in [6.45, 7) is -0.355. The fourth-order valence-electron chi connectivity index (χ4n) is 4.25. The number of aromatic nitrogens is 2. The van der Waals surface area contributed by atoms with Gasteiger partial charge in [0.2, 0.25) is 23.8 Å². The number of alkyl halides is 3. The minimum Gasteiger partial charge on any atom is -0.497 e. The molecule has 0 saturated carbocycles. The molecule has 1 aromatic heterocycles. The average molecular weight is 596 g/mol. The van der Waals surface area contributed by atoms with Crippen molar-refractivity contribution in [2.24, 2.45) is 5.73 Å². The molecule has 2 atom stereocenters. The lowest BCUT2D eigenvalue weighted by Gasteiger charge is -2.22. The van der Waals surface area contributed by atoms with Gasteiger partial charge in [-0.15, -0.1) is 0 Å². The number of nitrogens with zero attached hydrogens (tertiary/aromatic N) is 2. The van der Waals surface area contributed by atoms with Gasteiger partial charge in [0.1, 0.15) is 11.8 Å². The zero-order chi connectivity index (χ0) is 31.1. The van der Waals surface area contributed by atoms with Gasteiger partial charge in [0.25, 0.3) is 0 Å². The number of carbonyl (C=O) groups is 2. The Balaban J connectivity index is 1.55. The van der Waals surface area contributed by atoms with E-state index in [0.717, 1.165) is 5.56 Å². The molecule has 10 nitrogen and oxygen atoms in total. The third-order valence-corrected chi connectivity index (χ3v) is 6.38. The van der Waals surface area contributed by atoms with E-state index >= 15 is 0 Å². The SMILES string of the molecule is COc1cccc(-c2ccc([C@@H](Oc3cc(-c4ccc(C[C@H](NC(=O)CN)C(=O)O)cc4)nc(N)n3)C(F)(F)F)cc2)c1. The monoisotopic (exact) mass is 595 g/mol. The highest BCUT2D eigenvalue weighted by Crippen LogP contribution is 2.38. The molecule has 0 bridgehead atoms. The number of nitrogen functional groups attached to an aromatic ring is 1. The zero-order valence-electron chi connectivity index (χ0n) is 22.8. The predicted molar refractivity (Wildman–Crippen MR) is 152 cm³/mol. The van der Waals surface area contributed by atoms with Gasteiger partial charge in [-0.25, -0.2) is 9.78 Å². The van der Waals surface area contributed by atoms with Crippen LogP contribution in [-0.4, -0.2) is 52.8 Å². The second-order valence-electron chi connectivity index (χ2n) is 9.41. The van der Waals surface area contributed by atoms with Gasteiger partial charge >= 0.3 is 12.1 Å². The lowest BCUT2D eigenvalue weighted by atomic mass is 10.0. The van der Waals surface area contributed by atoms with Crippen molar-refractivity contribution < 1.29 is 37.3 Å². The lowest BCUT2D eigenvalue weighted by molar-refractivity contribution is -0.198. The molecular formula is C30H28F3N5O5. The normalized spacial score (nSPS) is 12.7. The summed E-state index contributed by atoms with van der Waals surface area (Å²) in [4.78, 5) is 31.0. The molecular weight excluding hydrogens is 567 g/mol. The summed E-state index contributed by atoms with van der Waals surface area (Å²) in [5.41, 5.74) is 13.6. The number of anilines is 1. The van der Waals surface area contributed by atoms with Gasteiger partial charge < -0.3 is 31.4 Å². The molecule has 1 amide bonds. The highest BCUT2D eigenvalue weighted by atomic mass is 19.4. The van der Waals surface area contributed by atoms with E-state index in [0.29, 0.717) is 22.4 Å². The summed E-state index contributed by atoms with van der Waals surface area (Å²) in [6.07, 6.45) is -7.14. The van der Waals surface area contributed by atoms with Crippen molar-refractivity contribution >= 4 is 17.8 Å². The average Bonchev–Trinajstić information content (AvgIpc) is 2.99. The van der Waals surface area contributed by atoms with Crippen LogP contribution in [0.1, 0.15) is 17.2 Å². The summed E-state index contributed by atoms with van der Waals surface area (Å²) in [7, 11) is 1.53. The number of aliphatic carboxylic acids is 1. The first-order valence-corrected chi connectivity index (χ1v) is 12.9. The number of ether oxygens (including phenoxy) is 2. The fourth-order valence-corrected chi connectivity index (χ4v) is 4.25. The molecule has 4 rings (SSSR count). The standard InChI is InChI=1S/C30H28F3N5O5/c1-42-22-4-2-3-21(14-22)18-9-11-20(12-10-18)27(30(31,32)33)43-26-15-23(37-29(35)38-26)19-7-5-17(6-8-19)13-24(28(40)41)36-25(39)16-34/h2-12,14-15,24,27H,13,16,34H2,1H3,(H,36,39)(H,40,41)(H2,35,37,38)/t24-,27+/m0/s1. The third-order valence-electron chi connectivity index (χ3n) is 6.38. The van der Waals surface area contributed by atoms with Crippen LogP contribution in [0.25, 0.3) is 22.4 Å². The van der Waals surface area contributed by atoms with Crippen molar-refractivity contribution in [1.29, 1.82) is 0 Å². The number of hydrogen-bond donors (Lipinski definition) is 4. The summed E-state index contributed by atoms with van der Waals surface area (Å²) in [5.74, 6) is -1.92. The van der Waals surface area contributed by atoms with Crippen LogP contribution < -0.4 is 26.3 Å². The first kappa shape index (κ1) is 30.8. The Bertz CT molecular complexity index is 1580. The van der Waals surface area contributed by atoms with E-state index in [1.165, 1.54) is 25.3 Å². The van der Waals surface area contributed by atoms with E-state index in [-0.39, 0.29) is 36.1 Å². The highest BCUT2D eigenvalue weighted by Gasteiger charge is 2.43. The topological polar surface area (TPSA) is 163 Å². The Morgan fingerprint density at radius 2 is 1.63 bits per heavy atom.